The van der Waals surface area contributed by atoms with Gasteiger partial charge in [-0.3, -0.25) is 0 Å². The second-order valence-corrected chi connectivity index (χ2v) is 14.5. The predicted molar refractivity (Wildman–Crippen MR) is 237 cm³/mol. The highest BCUT2D eigenvalue weighted by atomic mass is 16.3. The maximum Gasteiger partial charge on any atom is 0.135 e. The van der Waals surface area contributed by atoms with Crippen LogP contribution in [0.3, 0.4) is 0 Å². The van der Waals surface area contributed by atoms with Crippen molar-refractivity contribution < 1.29 is 4.42 Å². The maximum absolute atomic E-state index is 7.10. The highest BCUT2D eigenvalue weighted by molar-refractivity contribution is 6.24. The van der Waals surface area contributed by atoms with Crippen LogP contribution in [0.15, 0.2) is 217 Å². The zero-order valence-corrected chi connectivity index (χ0v) is 30.6. The molecule has 0 bridgehead atoms. The number of para-hydroxylation sites is 1. The van der Waals surface area contributed by atoms with Gasteiger partial charge in [-0.2, -0.15) is 0 Å². The van der Waals surface area contributed by atoms with E-state index in [1.54, 1.807) is 0 Å². The summed E-state index contributed by atoms with van der Waals surface area (Å²) < 4.78 is 9.52. The summed E-state index contributed by atoms with van der Waals surface area (Å²) in [6.07, 6.45) is 0. The van der Waals surface area contributed by atoms with Gasteiger partial charge in [0.1, 0.15) is 11.2 Å². The topological polar surface area (TPSA) is 18.1 Å². The van der Waals surface area contributed by atoms with Crippen molar-refractivity contribution in [1.29, 1.82) is 0 Å². The van der Waals surface area contributed by atoms with Gasteiger partial charge in [-0.25, -0.2) is 0 Å². The molecule has 11 rings (SSSR count). The largest absolute Gasteiger partial charge is 0.456 e. The number of hydrogen-bond donors (Lipinski definition) is 0. The molecule has 2 nitrogen and oxygen atoms in total. The third-order valence-corrected chi connectivity index (χ3v) is 11.2. The second-order valence-electron chi connectivity index (χ2n) is 14.5. The average Bonchev–Trinajstić information content (AvgIpc) is 3.61. The number of rotatable bonds is 4. The summed E-state index contributed by atoms with van der Waals surface area (Å²) in [5, 5.41) is 9.11. The Kier molecular flexibility index (Phi) is 7.53. The van der Waals surface area contributed by atoms with Crippen LogP contribution < -0.4 is 0 Å². The molecule has 262 valence electrons. The van der Waals surface area contributed by atoms with Crippen LogP contribution >= 0.6 is 0 Å². The quantitative estimate of drug-likeness (QED) is 0.178. The van der Waals surface area contributed by atoms with E-state index in [0.29, 0.717) is 0 Å². The molecule has 0 N–H and O–H groups in total. The summed E-state index contributed by atoms with van der Waals surface area (Å²) in [4.78, 5) is 0. The van der Waals surface area contributed by atoms with E-state index in [1.165, 1.54) is 38.4 Å². The normalized spacial score (nSPS) is 11.6. The fourth-order valence-electron chi connectivity index (χ4n) is 8.53. The van der Waals surface area contributed by atoms with E-state index in [9.17, 15) is 0 Å². The minimum atomic E-state index is 0.820. The van der Waals surface area contributed by atoms with Crippen LogP contribution in [-0.4, -0.2) is 4.57 Å². The van der Waals surface area contributed by atoms with Crippen LogP contribution in [0.25, 0.3) is 104 Å². The van der Waals surface area contributed by atoms with Gasteiger partial charge in [-0.1, -0.05) is 152 Å². The molecule has 0 saturated heterocycles. The SMILES string of the molecule is c1ccc(-c2ccc3oc4ccc(-c5ccccc5)cc4c4cc5c(cc4c4ccccc4c3c2)c2cc(-c3ccccc3)ccc2n5-c2ccccc2)cc1. The van der Waals surface area contributed by atoms with E-state index >= 15 is 0 Å². The van der Waals surface area contributed by atoms with Crippen molar-refractivity contribution in [2.45, 2.75) is 0 Å². The molecular formula is C54H35NO. The molecule has 2 aromatic heterocycles. The highest BCUT2D eigenvalue weighted by Gasteiger charge is 2.17. The van der Waals surface area contributed by atoms with Crippen molar-refractivity contribution in [1.82, 2.24) is 4.57 Å². The van der Waals surface area contributed by atoms with Crippen LogP contribution in [0.5, 0.6) is 0 Å². The fourth-order valence-corrected chi connectivity index (χ4v) is 8.53. The van der Waals surface area contributed by atoms with Crippen molar-refractivity contribution >= 4 is 65.3 Å². The molecule has 0 aliphatic carbocycles. The van der Waals surface area contributed by atoms with Gasteiger partial charge in [-0.05, 0) is 116 Å². The van der Waals surface area contributed by atoms with Crippen LogP contribution in [0.4, 0.5) is 0 Å². The van der Waals surface area contributed by atoms with E-state index < -0.39 is 0 Å². The number of benzene rings is 9. The first-order chi connectivity index (χ1) is 27.8. The van der Waals surface area contributed by atoms with Gasteiger partial charge < -0.3 is 8.98 Å². The zero-order chi connectivity index (χ0) is 37.0. The molecule has 2 heteroatoms. The Balaban J connectivity index is 1.36. The molecule has 11 aromatic rings. The molecule has 0 spiro atoms. The molecule has 0 atom stereocenters. The summed E-state index contributed by atoms with van der Waals surface area (Å²) in [5.41, 5.74) is 12.1. The highest BCUT2D eigenvalue weighted by Crippen LogP contribution is 2.41. The van der Waals surface area contributed by atoms with Gasteiger partial charge in [0.2, 0.25) is 0 Å². The smallest absolute Gasteiger partial charge is 0.135 e. The van der Waals surface area contributed by atoms with Gasteiger partial charge in [0.15, 0.2) is 0 Å². The molecule has 9 aromatic carbocycles. The number of fused-ring (bicyclic) bond motifs is 10. The van der Waals surface area contributed by atoms with Crippen molar-refractivity contribution in [3.05, 3.63) is 212 Å². The third kappa shape index (κ3) is 5.34. The summed E-state index contributed by atoms with van der Waals surface area (Å²) in [5.74, 6) is 0. The lowest BCUT2D eigenvalue weighted by Gasteiger charge is -2.10. The zero-order valence-electron chi connectivity index (χ0n) is 30.6. The lowest BCUT2D eigenvalue weighted by molar-refractivity contribution is 0.663. The predicted octanol–water partition coefficient (Wildman–Crippen LogP) is 15.1. The Morgan fingerprint density at radius 2 is 0.661 bits per heavy atom. The van der Waals surface area contributed by atoms with E-state index in [2.05, 4.69) is 217 Å². The Hall–Kier alpha value is -7.42. The first kappa shape index (κ1) is 32.0. The van der Waals surface area contributed by atoms with E-state index in [0.717, 1.165) is 66.0 Å². The average molecular weight is 714 g/mol. The Bertz CT molecular complexity index is 3320. The minimum absolute atomic E-state index is 0.820. The van der Waals surface area contributed by atoms with Gasteiger partial charge in [0, 0.05) is 27.2 Å². The Labute approximate surface area is 324 Å². The fraction of sp³-hybridized carbons (Fsp3) is 0. The molecule has 0 aliphatic heterocycles. The van der Waals surface area contributed by atoms with Crippen LogP contribution in [0, 0.1) is 0 Å². The third-order valence-electron chi connectivity index (χ3n) is 11.2. The molecule has 0 aliphatic rings. The second kappa shape index (κ2) is 13.2. The van der Waals surface area contributed by atoms with Crippen LogP contribution in [-0.2, 0) is 0 Å². The lowest BCUT2D eigenvalue weighted by Crippen LogP contribution is -1.93. The number of nitrogens with zero attached hydrogens (tertiary/aromatic N) is 1. The molecule has 0 unspecified atom stereocenters. The summed E-state index contributed by atoms with van der Waals surface area (Å²) >= 11 is 0. The van der Waals surface area contributed by atoms with Crippen molar-refractivity contribution in [2.75, 3.05) is 0 Å². The van der Waals surface area contributed by atoms with E-state index in [-0.39, 0.29) is 0 Å². The van der Waals surface area contributed by atoms with Crippen molar-refractivity contribution in [2.24, 2.45) is 0 Å². The summed E-state index contributed by atoms with van der Waals surface area (Å²) in [7, 11) is 0. The summed E-state index contributed by atoms with van der Waals surface area (Å²) in [6, 6.07) is 76.4. The monoisotopic (exact) mass is 713 g/mol. The first-order valence-corrected chi connectivity index (χ1v) is 19.2. The molecule has 0 radical (unpaired) electrons. The molecule has 0 fully saturated rings. The Morgan fingerprint density at radius 1 is 0.250 bits per heavy atom. The maximum atomic E-state index is 7.10. The first-order valence-electron chi connectivity index (χ1n) is 19.2. The number of hydrogen-bond acceptors (Lipinski definition) is 1. The standard InChI is InChI=1S/C54H35NO/c1-5-15-36(16-6-1)39-25-28-51-47(31-39)48-34-45-43-23-13-14-24-44(43)49-32-40(37-17-7-2-8-18-37)26-29-53(49)56-54-30-27-41(38-19-9-3-10-20-38)33-50(54)46(45)35-52(48)55(51)42-21-11-4-12-22-42/h1-35H. The molecule has 0 amide bonds. The molecule has 0 saturated carbocycles. The molecule has 56 heavy (non-hydrogen) atoms. The van der Waals surface area contributed by atoms with Crippen LogP contribution in [0.1, 0.15) is 0 Å². The molecular weight excluding hydrogens is 679 g/mol. The van der Waals surface area contributed by atoms with Gasteiger partial charge in [0.05, 0.1) is 11.0 Å². The van der Waals surface area contributed by atoms with Gasteiger partial charge in [-0.15, -0.1) is 0 Å². The van der Waals surface area contributed by atoms with Crippen molar-refractivity contribution in [3.63, 3.8) is 0 Å². The van der Waals surface area contributed by atoms with Gasteiger partial charge >= 0.3 is 0 Å². The van der Waals surface area contributed by atoms with E-state index in [4.69, 9.17) is 4.42 Å². The summed E-state index contributed by atoms with van der Waals surface area (Å²) in [6.45, 7) is 0. The van der Waals surface area contributed by atoms with Crippen molar-refractivity contribution in [3.8, 4) is 39.1 Å². The van der Waals surface area contributed by atoms with Crippen LogP contribution in [0.2, 0.25) is 0 Å². The minimum Gasteiger partial charge on any atom is -0.456 e. The Morgan fingerprint density at radius 3 is 1.21 bits per heavy atom. The van der Waals surface area contributed by atoms with E-state index in [1.807, 2.05) is 0 Å². The lowest BCUT2D eigenvalue weighted by atomic mass is 9.96. The molecule has 2 heterocycles. The number of aromatic nitrogens is 1. The van der Waals surface area contributed by atoms with Gasteiger partial charge in [0.25, 0.3) is 0 Å².